The molecule has 6 heteroatoms. The number of nitrogens with zero attached hydrogens (tertiary/aromatic N) is 2. The topological polar surface area (TPSA) is 43.8 Å². The summed E-state index contributed by atoms with van der Waals surface area (Å²) in [6.45, 7) is 2.30. The summed E-state index contributed by atoms with van der Waals surface area (Å²) in [5.41, 5.74) is 6.95. The third kappa shape index (κ3) is 2.78. The lowest BCUT2D eigenvalue weighted by molar-refractivity contribution is -0.137. The van der Waals surface area contributed by atoms with Gasteiger partial charge in [-0.25, -0.2) is 4.68 Å². The van der Waals surface area contributed by atoms with Crippen molar-refractivity contribution in [3.63, 3.8) is 0 Å². The highest BCUT2D eigenvalue weighted by molar-refractivity contribution is 5.39. The van der Waals surface area contributed by atoms with Crippen molar-refractivity contribution in [2.45, 2.75) is 19.5 Å². The van der Waals surface area contributed by atoms with Crippen LogP contribution in [0.5, 0.6) is 0 Å². The normalized spacial score (nSPS) is 11.8. The van der Waals surface area contributed by atoms with Gasteiger partial charge in [0.1, 0.15) is 0 Å². The van der Waals surface area contributed by atoms with Crippen LogP contribution in [0.15, 0.2) is 30.5 Å². The minimum Gasteiger partial charge on any atom is -0.330 e. The van der Waals surface area contributed by atoms with E-state index in [0.29, 0.717) is 18.7 Å². The van der Waals surface area contributed by atoms with E-state index in [4.69, 9.17) is 5.73 Å². The minimum absolute atomic E-state index is 0.399. The van der Waals surface area contributed by atoms with Crippen LogP contribution in [0.2, 0.25) is 0 Å². The van der Waals surface area contributed by atoms with Crippen LogP contribution >= 0.6 is 0 Å². The number of rotatable bonds is 3. The Hall–Kier alpha value is -1.82. The first-order valence-electron chi connectivity index (χ1n) is 5.84. The van der Waals surface area contributed by atoms with Gasteiger partial charge < -0.3 is 5.73 Å². The van der Waals surface area contributed by atoms with Gasteiger partial charge >= 0.3 is 6.18 Å². The monoisotopic (exact) mass is 269 g/mol. The molecule has 0 fully saturated rings. The van der Waals surface area contributed by atoms with Crippen LogP contribution in [-0.2, 0) is 12.6 Å². The molecule has 2 rings (SSSR count). The number of nitrogens with two attached hydrogens (primary N) is 1. The quantitative estimate of drug-likeness (QED) is 0.931. The van der Waals surface area contributed by atoms with E-state index >= 15 is 0 Å². The van der Waals surface area contributed by atoms with E-state index in [1.165, 1.54) is 10.7 Å². The summed E-state index contributed by atoms with van der Waals surface area (Å²) < 4.78 is 39.5. The van der Waals surface area contributed by atoms with E-state index in [-0.39, 0.29) is 0 Å². The molecule has 0 saturated heterocycles. The Morgan fingerprint density at radius 3 is 2.68 bits per heavy atom. The van der Waals surface area contributed by atoms with E-state index in [2.05, 4.69) is 5.10 Å². The van der Waals surface area contributed by atoms with E-state index in [1.54, 1.807) is 12.3 Å². The summed E-state index contributed by atoms with van der Waals surface area (Å²) in [5, 5.41) is 4.12. The molecule has 0 amide bonds. The van der Waals surface area contributed by atoms with Gasteiger partial charge in [0, 0.05) is 5.69 Å². The van der Waals surface area contributed by atoms with E-state index in [9.17, 15) is 13.2 Å². The van der Waals surface area contributed by atoms with Crippen LogP contribution in [0.25, 0.3) is 5.69 Å². The Balaban J connectivity index is 2.42. The molecule has 0 atom stereocenters. The van der Waals surface area contributed by atoms with Crippen molar-refractivity contribution in [3.05, 3.63) is 47.3 Å². The molecule has 1 aromatic carbocycles. The summed E-state index contributed by atoms with van der Waals surface area (Å²) in [6, 6.07) is 5.11. The highest BCUT2D eigenvalue weighted by Gasteiger charge is 2.30. The molecule has 0 aliphatic rings. The number of benzene rings is 1. The van der Waals surface area contributed by atoms with Gasteiger partial charge in [0.15, 0.2) is 0 Å². The molecule has 0 aliphatic carbocycles. The van der Waals surface area contributed by atoms with Crippen molar-refractivity contribution >= 4 is 0 Å². The second-order valence-electron chi connectivity index (χ2n) is 4.25. The van der Waals surface area contributed by atoms with Gasteiger partial charge in [0.25, 0.3) is 0 Å². The van der Waals surface area contributed by atoms with Crippen molar-refractivity contribution in [3.8, 4) is 5.69 Å². The van der Waals surface area contributed by atoms with Crippen LogP contribution in [0.3, 0.4) is 0 Å². The van der Waals surface area contributed by atoms with Crippen molar-refractivity contribution in [2.24, 2.45) is 5.73 Å². The molecule has 0 bridgehead atoms. The maximum absolute atomic E-state index is 12.7. The SMILES string of the molecule is Cc1c(CCN)cnn1-c1cccc(C(F)(F)F)c1. The lowest BCUT2D eigenvalue weighted by Crippen LogP contribution is -2.08. The van der Waals surface area contributed by atoms with Gasteiger partial charge in [0.2, 0.25) is 0 Å². The standard InChI is InChI=1S/C13H14F3N3/c1-9-10(5-6-17)8-18-19(9)12-4-2-3-11(7-12)13(14,15)16/h2-4,7-8H,5-6,17H2,1H3. The van der Waals surface area contributed by atoms with Crippen LogP contribution in [0, 0.1) is 6.92 Å². The minimum atomic E-state index is -4.35. The van der Waals surface area contributed by atoms with Crippen LogP contribution in [-0.4, -0.2) is 16.3 Å². The van der Waals surface area contributed by atoms with E-state index in [0.717, 1.165) is 23.4 Å². The summed E-state index contributed by atoms with van der Waals surface area (Å²) >= 11 is 0. The van der Waals surface area contributed by atoms with Gasteiger partial charge in [-0.3, -0.25) is 0 Å². The molecular weight excluding hydrogens is 255 g/mol. The molecular formula is C13H14F3N3. The molecule has 0 spiro atoms. The molecule has 1 aromatic heterocycles. The summed E-state index contributed by atoms with van der Waals surface area (Å²) in [6.07, 6.45) is -2.05. The maximum atomic E-state index is 12.7. The fourth-order valence-electron chi connectivity index (χ4n) is 1.92. The predicted octanol–water partition coefficient (Wildman–Crippen LogP) is 2.70. The average molecular weight is 269 g/mol. The van der Waals surface area contributed by atoms with Gasteiger partial charge in [-0.2, -0.15) is 18.3 Å². The molecule has 0 saturated carbocycles. The lowest BCUT2D eigenvalue weighted by atomic mass is 10.1. The second-order valence-corrected chi connectivity index (χ2v) is 4.25. The number of aromatic nitrogens is 2. The second kappa shape index (κ2) is 5.05. The fraction of sp³-hybridized carbons (Fsp3) is 0.308. The van der Waals surface area contributed by atoms with Crippen LogP contribution < -0.4 is 5.73 Å². The number of halogens is 3. The first-order chi connectivity index (χ1) is 8.93. The predicted molar refractivity (Wildman–Crippen MR) is 66.1 cm³/mol. The van der Waals surface area contributed by atoms with Gasteiger partial charge in [-0.05, 0) is 43.7 Å². The zero-order valence-electron chi connectivity index (χ0n) is 10.4. The number of hydrogen-bond acceptors (Lipinski definition) is 2. The molecule has 1 heterocycles. The summed E-state index contributed by atoms with van der Waals surface area (Å²) in [7, 11) is 0. The van der Waals surface area contributed by atoms with E-state index < -0.39 is 11.7 Å². The molecule has 2 N–H and O–H groups in total. The van der Waals surface area contributed by atoms with Crippen molar-refractivity contribution in [1.29, 1.82) is 0 Å². The van der Waals surface area contributed by atoms with Gasteiger partial charge in [-0.15, -0.1) is 0 Å². The zero-order valence-corrected chi connectivity index (χ0v) is 10.4. The first-order valence-corrected chi connectivity index (χ1v) is 5.84. The Kier molecular flexibility index (Phi) is 3.61. The molecule has 3 nitrogen and oxygen atoms in total. The lowest BCUT2D eigenvalue weighted by Gasteiger charge is -2.10. The summed E-state index contributed by atoms with van der Waals surface area (Å²) in [4.78, 5) is 0. The third-order valence-electron chi connectivity index (χ3n) is 2.94. The van der Waals surface area contributed by atoms with Gasteiger partial charge in [-0.1, -0.05) is 6.07 Å². The molecule has 0 unspecified atom stereocenters. The Bertz CT molecular complexity index is 573. The Morgan fingerprint density at radius 2 is 2.05 bits per heavy atom. The highest BCUT2D eigenvalue weighted by atomic mass is 19.4. The number of alkyl halides is 3. The Morgan fingerprint density at radius 1 is 1.32 bits per heavy atom. The summed E-state index contributed by atoms with van der Waals surface area (Å²) in [5.74, 6) is 0. The number of hydrogen-bond donors (Lipinski definition) is 1. The first kappa shape index (κ1) is 13.6. The molecule has 0 aliphatic heterocycles. The van der Waals surface area contributed by atoms with Crippen LogP contribution in [0.4, 0.5) is 13.2 Å². The molecule has 102 valence electrons. The van der Waals surface area contributed by atoms with Crippen molar-refractivity contribution in [1.82, 2.24) is 9.78 Å². The Labute approximate surface area is 108 Å². The zero-order chi connectivity index (χ0) is 14.0. The fourth-order valence-corrected chi connectivity index (χ4v) is 1.92. The van der Waals surface area contributed by atoms with Crippen molar-refractivity contribution < 1.29 is 13.2 Å². The highest BCUT2D eigenvalue weighted by Crippen LogP contribution is 2.30. The third-order valence-corrected chi connectivity index (χ3v) is 2.94. The molecule has 19 heavy (non-hydrogen) atoms. The van der Waals surface area contributed by atoms with Crippen LogP contribution in [0.1, 0.15) is 16.8 Å². The van der Waals surface area contributed by atoms with Crippen molar-refractivity contribution in [2.75, 3.05) is 6.54 Å². The molecule has 0 radical (unpaired) electrons. The van der Waals surface area contributed by atoms with Gasteiger partial charge in [0.05, 0.1) is 17.4 Å². The largest absolute Gasteiger partial charge is 0.416 e. The maximum Gasteiger partial charge on any atom is 0.416 e. The smallest absolute Gasteiger partial charge is 0.330 e. The average Bonchev–Trinajstić information content (AvgIpc) is 2.71. The van der Waals surface area contributed by atoms with E-state index in [1.807, 2.05) is 6.92 Å². The molecule has 2 aromatic rings.